The van der Waals surface area contributed by atoms with E-state index < -0.39 is 0 Å². The number of benzene rings is 1. The zero-order valence-electron chi connectivity index (χ0n) is 7.94. The molecule has 0 atom stereocenters. The van der Waals surface area contributed by atoms with E-state index in [1.54, 1.807) is 10.6 Å². The van der Waals surface area contributed by atoms with Gasteiger partial charge in [-0.15, -0.1) is 0 Å². The maximum absolute atomic E-state index is 9.13. The summed E-state index contributed by atoms with van der Waals surface area (Å²) in [5.74, 6) is 0.448. The summed E-state index contributed by atoms with van der Waals surface area (Å²) in [5.41, 5.74) is 0.760. The minimum atomic E-state index is -0.194. The molecule has 0 aliphatic heterocycles. The number of hydrogen-bond donors (Lipinski definition) is 2. The summed E-state index contributed by atoms with van der Waals surface area (Å²) < 4.78 is 2.86. The summed E-state index contributed by atoms with van der Waals surface area (Å²) in [6.07, 6.45) is 0. The van der Waals surface area contributed by atoms with E-state index in [1.807, 2.05) is 12.1 Å². The smallest absolute Gasteiger partial charge is 0.199 e. The minimum Gasteiger partial charge on any atom is -0.388 e. The van der Waals surface area contributed by atoms with Crippen LogP contribution < -0.4 is 0 Å². The predicted molar refractivity (Wildman–Crippen MR) is 67.4 cm³/mol. The highest BCUT2D eigenvalue weighted by atomic mass is 79.9. The lowest BCUT2D eigenvalue weighted by molar-refractivity contribution is 0.269. The van der Waals surface area contributed by atoms with Gasteiger partial charge in [0.05, 0.1) is 10.7 Å². The zero-order valence-corrected chi connectivity index (χ0v) is 11.1. The van der Waals surface area contributed by atoms with Crippen molar-refractivity contribution in [1.82, 2.24) is 14.8 Å². The van der Waals surface area contributed by atoms with Crippen LogP contribution in [0.3, 0.4) is 0 Å². The first kappa shape index (κ1) is 11.8. The number of halogens is 2. The molecule has 0 amide bonds. The number of nitrogens with zero attached hydrogens (tertiary/aromatic N) is 2. The van der Waals surface area contributed by atoms with Crippen LogP contribution in [0.25, 0.3) is 5.69 Å². The molecule has 0 aliphatic rings. The summed E-state index contributed by atoms with van der Waals surface area (Å²) in [6, 6.07) is 5.39. The third-order valence-corrected chi connectivity index (χ3v) is 3.55. The summed E-state index contributed by atoms with van der Waals surface area (Å²) in [4.78, 5) is 0. The highest BCUT2D eigenvalue weighted by Gasteiger charge is 2.08. The molecule has 0 aliphatic carbocycles. The van der Waals surface area contributed by atoms with Gasteiger partial charge in [0, 0.05) is 4.47 Å². The number of aromatic nitrogens is 3. The van der Waals surface area contributed by atoms with Crippen LogP contribution in [0.4, 0.5) is 0 Å². The summed E-state index contributed by atoms with van der Waals surface area (Å²) in [7, 11) is 0. The van der Waals surface area contributed by atoms with Crippen LogP contribution in [0.1, 0.15) is 5.82 Å². The molecule has 4 nitrogen and oxygen atoms in total. The van der Waals surface area contributed by atoms with Crippen molar-refractivity contribution in [3.8, 4) is 5.69 Å². The van der Waals surface area contributed by atoms with Crippen molar-refractivity contribution >= 4 is 39.7 Å². The molecule has 2 N–H and O–H groups in total. The largest absolute Gasteiger partial charge is 0.388 e. The number of aromatic amines is 1. The fourth-order valence-corrected chi connectivity index (χ4v) is 2.00. The van der Waals surface area contributed by atoms with Gasteiger partial charge >= 0.3 is 0 Å². The van der Waals surface area contributed by atoms with E-state index in [0.717, 1.165) is 10.2 Å². The van der Waals surface area contributed by atoms with Gasteiger partial charge in [0.2, 0.25) is 0 Å². The van der Waals surface area contributed by atoms with E-state index in [9.17, 15) is 0 Å². The topological polar surface area (TPSA) is 53.8 Å². The SMILES string of the molecule is OCc1n[nH]c(=S)n1-c1ccc(Br)c(Cl)c1. The van der Waals surface area contributed by atoms with Gasteiger partial charge in [0.1, 0.15) is 6.61 Å². The number of aliphatic hydroxyl groups is 1. The summed E-state index contributed by atoms with van der Waals surface area (Å²) >= 11 is 14.4. The molecule has 1 aromatic heterocycles. The van der Waals surface area contributed by atoms with Crippen molar-refractivity contribution in [2.45, 2.75) is 6.61 Å². The Kier molecular flexibility index (Phi) is 3.44. The molecule has 0 fully saturated rings. The third-order valence-electron chi connectivity index (χ3n) is 2.04. The maximum Gasteiger partial charge on any atom is 0.199 e. The molecule has 1 heterocycles. The molecule has 0 radical (unpaired) electrons. The van der Waals surface area contributed by atoms with Crippen molar-refractivity contribution < 1.29 is 5.11 Å². The first-order valence-corrected chi connectivity index (χ1v) is 5.94. The predicted octanol–water partition coefficient (Wildman–Crippen LogP) is 2.84. The first-order valence-electron chi connectivity index (χ1n) is 4.36. The van der Waals surface area contributed by atoms with Crippen LogP contribution in [-0.4, -0.2) is 19.9 Å². The summed E-state index contributed by atoms with van der Waals surface area (Å²) in [5, 5.41) is 16.2. The molecule has 0 spiro atoms. The fourth-order valence-electron chi connectivity index (χ4n) is 1.33. The Morgan fingerprint density at radius 3 is 2.94 bits per heavy atom. The maximum atomic E-state index is 9.13. The molecule has 0 bridgehead atoms. The van der Waals surface area contributed by atoms with E-state index in [-0.39, 0.29) is 6.61 Å². The van der Waals surface area contributed by atoms with E-state index >= 15 is 0 Å². The Morgan fingerprint density at radius 1 is 1.56 bits per heavy atom. The lowest BCUT2D eigenvalue weighted by Gasteiger charge is -2.06. The Morgan fingerprint density at radius 2 is 2.31 bits per heavy atom. The van der Waals surface area contributed by atoms with Gasteiger partial charge in [0.15, 0.2) is 10.6 Å². The molecular formula is C9H7BrClN3OS. The Hall–Kier alpha value is -0.690. The lowest BCUT2D eigenvalue weighted by atomic mass is 10.3. The number of H-pyrrole nitrogens is 1. The molecule has 2 rings (SSSR count). The Balaban J connectivity index is 2.62. The van der Waals surface area contributed by atoms with Crippen LogP contribution >= 0.6 is 39.7 Å². The number of rotatable bonds is 2. The minimum absolute atomic E-state index is 0.194. The van der Waals surface area contributed by atoms with E-state index in [2.05, 4.69) is 26.1 Å². The third kappa shape index (κ3) is 2.06. The average molecular weight is 321 g/mol. The highest BCUT2D eigenvalue weighted by molar-refractivity contribution is 9.10. The molecule has 7 heteroatoms. The van der Waals surface area contributed by atoms with Gasteiger partial charge in [-0.05, 0) is 46.3 Å². The summed E-state index contributed by atoms with van der Waals surface area (Å²) in [6.45, 7) is -0.194. The van der Waals surface area contributed by atoms with E-state index in [0.29, 0.717) is 15.6 Å². The zero-order chi connectivity index (χ0) is 11.7. The molecule has 1 aromatic carbocycles. The average Bonchev–Trinajstić information content (AvgIpc) is 2.64. The second-order valence-corrected chi connectivity index (χ2v) is 4.69. The van der Waals surface area contributed by atoms with Gasteiger partial charge in [-0.2, -0.15) is 5.10 Å². The second-order valence-electron chi connectivity index (χ2n) is 3.04. The molecule has 2 aromatic rings. The van der Waals surface area contributed by atoms with Crippen molar-refractivity contribution in [2.75, 3.05) is 0 Å². The van der Waals surface area contributed by atoms with Crippen LogP contribution in [0.15, 0.2) is 22.7 Å². The Labute approximate surface area is 110 Å². The number of nitrogens with one attached hydrogen (secondary N) is 1. The second kappa shape index (κ2) is 4.67. The van der Waals surface area contributed by atoms with Gasteiger partial charge < -0.3 is 5.11 Å². The number of aliphatic hydroxyl groups excluding tert-OH is 1. The normalized spacial score (nSPS) is 10.7. The standard InChI is InChI=1S/C9H7BrClN3OS/c10-6-2-1-5(3-7(6)11)14-8(4-15)12-13-9(14)16/h1-3,15H,4H2,(H,13,16). The lowest BCUT2D eigenvalue weighted by Crippen LogP contribution is -2.01. The quantitative estimate of drug-likeness (QED) is 0.837. The molecule has 0 saturated heterocycles. The van der Waals surface area contributed by atoms with Gasteiger partial charge in [-0.3, -0.25) is 9.67 Å². The van der Waals surface area contributed by atoms with Gasteiger partial charge in [-0.25, -0.2) is 0 Å². The van der Waals surface area contributed by atoms with Gasteiger partial charge in [-0.1, -0.05) is 11.6 Å². The van der Waals surface area contributed by atoms with Crippen molar-refractivity contribution in [1.29, 1.82) is 0 Å². The highest BCUT2D eigenvalue weighted by Crippen LogP contribution is 2.25. The fraction of sp³-hybridized carbons (Fsp3) is 0.111. The van der Waals surface area contributed by atoms with Crippen LogP contribution in [0.5, 0.6) is 0 Å². The molecular weight excluding hydrogens is 314 g/mol. The van der Waals surface area contributed by atoms with E-state index in [1.165, 1.54) is 0 Å². The van der Waals surface area contributed by atoms with Crippen LogP contribution in [0.2, 0.25) is 5.02 Å². The first-order chi connectivity index (χ1) is 7.63. The van der Waals surface area contributed by atoms with Gasteiger partial charge in [0.25, 0.3) is 0 Å². The monoisotopic (exact) mass is 319 g/mol. The Bertz CT molecular complexity index is 580. The molecule has 0 unspecified atom stereocenters. The van der Waals surface area contributed by atoms with Crippen molar-refractivity contribution in [3.05, 3.63) is 38.3 Å². The molecule has 0 saturated carbocycles. The molecule has 84 valence electrons. The van der Waals surface area contributed by atoms with Crippen molar-refractivity contribution in [3.63, 3.8) is 0 Å². The van der Waals surface area contributed by atoms with E-state index in [4.69, 9.17) is 28.9 Å². The van der Waals surface area contributed by atoms with Crippen LogP contribution in [0, 0.1) is 4.77 Å². The molecule has 16 heavy (non-hydrogen) atoms. The van der Waals surface area contributed by atoms with Crippen molar-refractivity contribution in [2.24, 2.45) is 0 Å². The van der Waals surface area contributed by atoms with Crippen LogP contribution in [-0.2, 0) is 6.61 Å². The number of hydrogen-bond acceptors (Lipinski definition) is 3.